The van der Waals surface area contributed by atoms with Gasteiger partial charge in [-0.3, -0.25) is 9.48 Å². The molecule has 0 fully saturated rings. The predicted octanol–water partition coefficient (Wildman–Crippen LogP) is 2.08. The summed E-state index contributed by atoms with van der Waals surface area (Å²) in [5.74, 6) is 0.874. The number of methoxy groups -OCH3 is 1. The first-order valence-corrected chi connectivity index (χ1v) is 5.66. The van der Waals surface area contributed by atoms with E-state index in [2.05, 4.69) is 5.10 Å². The third kappa shape index (κ3) is 3.04. The molecule has 0 amide bonds. The van der Waals surface area contributed by atoms with Crippen LogP contribution in [0.15, 0.2) is 30.5 Å². The van der Waals surface area contributed by atoms with Crippen molar-refractivity contribution in [1.82, 2.24) is 9.78 Å². The Morgan fingerprint density at radius 2 is 2.16 bits per heavy atom. The summed E-state index contributed by atoms with van der Waals surface area (Å²) in [7, 11) is 1.58. The standard InChI is InChI=1S/C13H14N2O4/c1-9-12(7-14-15(9)8-13(16)17)19-11-5-3-4-10(6-11)18-2/h3-7H,8H2,1-2H3,(H,16,17). The van der Waals surface area contributed by atoms with Gasteiger partial charge in [0.15, 0.2) is 5.75 Å². The van der Waals surface area contributed by atoms with E-state index in [0.29, 0.717) is 22.9 Å². The summed E-state index contributed by atoms with van der Waals surface area (Å²) in [4.78, 5) is 10.7. The number of ether oxygens (including phenoxy) is 2. The number of benzene rings is 1. The number of nitrogens with zero attached hydrogens (tertiary/aromatic N) is 2. The van der Waals surface area contributed by atoms with Gasteiger partial charge in [0.2, 0.25) is 0 Å². The van der Waals surface area contributed by atoms with Gasteiger partial charge in [0.1, 0.15) is 18.0 Å². The lowest BCUT2D eigenvalue weighted by atomic mass is 10.3. The number of aromatic nitrogens is 2. The first-order chi connectivity index (χ1) is 9.10. The molecule has 0 saturated heterocycles. The smallest absolute Gasteiger partial charge is 0.325 e. The maximum atomic E-state index is 10.7. The molecule has 0 atom stereocenters. The third-order valence-electron chi connectivity index (χ3n) is 2.61. The van der Waals surface area contributed by atoms with Crippen molar-refractivity contribution in [1.29, 1.82) is 0 Å². The summed E-state index contributed by atoms with van der Waals surface area (Å²) in [5.41, 5.74) is 0.658. The summed E-state index contributed by atoms with van der Waals surface area (Å²) >= 11 is 0. The Labute approximate surface area is 110 Å². The average molecular weight is 262 g/mol. The van der Waals surface area contributed by atoms with Crippen LogP contribution in [-0.4, -0.2) is 28.0 Å². The summed E-state index contributed by atoms with van der Waals surface area (Å²) < 4.78 is 12.1. The number of hydrogen-bond donors (Lipinski definition) is 1. The lowest BCUT2D eigenvalue weighted by Gasteiger charge is -2.07. The highest BCUT2D eigenvalue weighted by Crippen LogP contribution is 2.27. The van der Waals surface area contributed by atoms with E-state index in [0.717, 1.165) is 0 Å². The molecule has 0 aliphatic carbocycles. The van der Waals surface area contributed by atoms with Gasteiger partial charge in [-0.2, -0.15) is 5.10 Å². The van der Waals surface area contributed by atoms with Crippen molar-refractivity contribution in [2.45, 2.75) is 13.5 Å². The van der Waals surface area contributed by atoms with Gasteiger partial charge in [0, 0.05) is 6.07 Å². The maximum absolute atomic E-state index is 10.7. The first-order valence-electron chi connectivity index (χ1n) is 5.66. The van der Waals surface area contributed by atoms with E-state index in [1.807, 2.05) is 12.1 Å². The molecule has 1 heterocycles. The Hall–Kier alpha value is -2.50. The van der Waals surface area contributed by atoms with Crippen LogP contribution in [0.4, 0.5) is 0 Å². The maximum Gasteiger partial charge on any atom is 0.325 e. The number of hydrogen-bond acceptors (Lipinski definition) is 4. The van der Waals surface area contributed by atoms with Crippen LogP contribution in [0.3, 0.4) is 0 Å². The van der Waals surface area contributed by atoms with Crippen LogP contribution >= 0.6 is 0 Å². The van der Waals surface area contributed by atoms with E-state index < -0.39 is 5.97 Å². The zero-order chi connectivity index (χ0) is 13.8. The molecule has 0 bridgehead atoms. The van der Waals surface area contributed by atoms with Crippen molar-refractivity contribution in [2.75, 3.05) is 7.11 Å². The van der Waals surface area contributed by atoms with Gasteiger partial charge >= 0.3 is 5.97 Å². The van der Waals surface area contributed by atoms with Gasteiger partial charge in [-0.1, -0.05) is 6.07 Å². The lowest BCUT2D eigenvalue weighted by Crippen LogP contribution is -2.11. The highest BCUT2D eigenvalue weighted by molar-refractivity contribution is 5.66. The summed E-state index contributed by atoms with van der Waals surface area (Å²) in [6.45, 7) is 1.57. The number of carboxylic acid groups (broad SMARTS) is 1. The number of carbonyl (C=O) groups is 1. The van der Waals surface area contributed by atoms with Gasteiger partial charge in [-0.15, -0.1) is 0 Å². The Morgan fingerprint density at radius 3 is 2.84 bits per heavy atom. The van der Waals surface area contributed by atoms with Crippen LogP contribution in [0.25, 0.3) is 0 Å². The molecule has 0 aliphatic heterocycles. The van der Waals surface area contributed by atoms with Crippen molar-refractivity contribution < 1.29 is 19.4 Å². The average Bonchev–Trinajstić information content (AvgIpc) is 2.71. The molecule has 1 aromatic carbocycles. The van der Waals surface area contributed by atoms with Gasteiger partial charge in [0.05, 0.1) is 19.0 Å². The fourth-order valence-electron chi connectivity index (χ4n) is 1.61. The zero-order valence-electron chi connectivity index (χ0n) is 10.7. The fourth-order valence-corrected chi connectivity index (χ4v) is 1.61. The van der Waals surface area contributed by atoms with Crippen molar-refractivity contribution in [3.8, 4) is 17.2 Å². The Balaban J connectivity index is 2.19. The van der Waals surface area contributed by atoms with Crippen LogP contribution in [0, 0.1) is 6.92 Å². The van der Waals surface area contributed by atoms with Crippen molar-refractivity contribution in [2.24, 2.45) is 0 Å². The van der Waals surface area contributed by atoms with Crippen LogP contribution < -0.4 is 9.47 Å². The minimum absolute atomic E-state index is 0.187. The van der Waals surface area contributed by atoms with Crippen molar-refractivity contribution >= 4 is 5.97 Å². The van der Waals surface area contributed by atoms with E-state index in [9.17, 15) is 4.79 Å². The van der Waals surface area contributed by atoms with Crippen molar-refractivity contribution in [3.63, 3.8) is 0 Å². The van der Waals surface area contributed by atoms with Gasteiger partial charge in [-0.05, 0) is 19.1 Å². The Morgan fingerprint density at radius 1 is 1.42 bits per heavy atom. The van der Waals surface area contributed by atoms with Crippen LogP contribution in [0.1, 0.15) is 5.69 Å². The normalized spacial score (nSPS) is 10.2. The van der Waals surface area contributed by atoms with Gasteiger partial charge in [-0.25, -0.2) is 0 Å². The van der Waals surface area contributed by atoms with Crippen LogP contribution in [0.2, 0.25) is 0 Å². The molecular weight excluding hydrogens is 248 g/mol. The topological polar surface area (TPSA) is 73.6 Å². The predicted molar refractivity (Wildman–Crippen MR) is 67.7 cm³/mol. The first kappa shape index (κ1) is 12.9. The van der Waals surface area contributed by atoms with Crippen LogP contribution in [-0.2, 0) is 11.3 Å². The summed E-state index contributed by atoms with van der Waals surface area (Å²) in [6.07, 6.45) is 1.50. The minimum Gasteiger partial charge on any atom is -0.497 e. The van der Waals surface area contributed by atoms with E-state index >= 15 is 0 Å². The highest BCUT2D eigenvalue weighted by Gasteiger charge is 2.11. The van der Waals surface area contributed by atoms with E-state index in [4.69, 9.17) is 14.6 Å². The molecule has 0 radical (unpaired) electrons. The molecule has 100 valence electrons. The molecular formula is C13H14N2O4. The SMILES string of the molecule is COc1cccc(Oc2cnn(CC(=O)O)c2C)c1. The second-order valence-corrected chi connectivity index (χ2v) is 3.93. The minimum atomic E-state index is -0.945. The fraction of sp³-hybridized carbons (Fsp3) is 0.231. The number of rotatable bonds is 5. The molecule has 0 unspecified atom stereocenters. The van der Waals surface area contributed by atoms with Gasteiger partial charge in [0.25, 0.3) is 0 Å². The molecule has 1 N–H and O–H groups in total. The van der Waals surface area contributed by atoms with Gasteiger partial charge < -0.3 is 14.6 Å². The monoisotopic (exact) mass is 262 g/mol. The second-order valence-electron chi connectivity index (χ2n) is 3.93. The molecule has 0 aliphatic rings. The molecule has 0 saturated carbocycles. The van der Waals surface area contributed by atoms with E-state index in [1.165, 1.54) is 10.9 Å². The quantitative estimate of drug-likeness (QED) is 0.893. The summed E-state index contributed by atoms with van der Waals surface area (Å²) in [6, 6.07) is 7.16. The molecule has 2 rings (SSSR count). The number of aliphatic carboxylic acids is 1. The highest BCUT2D eigenvalue weighted by atomic mass is 16.5. The lowest BCUT2D eigenvalue weighted by molar-refractivity contribution is -0.137. The molecule has 1 aromatic heterocycles. The Kier molecular flexibility index (Phi) is 3.70. The third-order valence-corrected chi connectivity index (χ3v) is 2.61. The zero-order valence-corrected chi connectivity index (χ0v) is 10.7. The number of carboxylic acids is 1. The molecule has 6 nitrogen and oxygen atoms in total. The molecule has 6 heteroatoms. The molecule has 0 spiro atoms. The largest absolute Gasteiger partial charge is 0.497 e. The van der Waals surface area contributed by atoms with Crippen LogP contribution in [0.5, 0.6) is 17.2 Å². The molecule has 19 heavy (non-hydrogen) atoms. The van der Waals surface area contributed by atoms with E-state index in [-0.39, 0.29) is 6.54 Å². The Bertz CT molecular complexity index is 592. The summed E-state index contributed by atoms with van der Waals surface area (Å²) in [5, 5.41) is 12.7. The van der Waals surface area contributed by atoms with Crippen molar-refractivity contribution in [3.05, 3.63) is 36.2 Å². The molecule has 2 aromatic rings. The second kappa shape index (κ2) is 5.43. The van der Waals surface area contributed by atoms with E-state index in [1.54, 1.807) is 26.2 Å².